The highest BCUT2D eigenvalue weighted by Crippen LogP contribution is 2.34. The summed E-state index contributed by atoms with van der Waals surface area (Å²) in [5.41, 5.74) is -0.788. The number of benzene rings is 2. The molecule has 0 aliphatic carbocycles. The Morgan fingerprint density at radius 2 is 1.74 bits per heavy atom. The predicted molar refractivity (Wildman–Crippen MR) is 101 cm³/mol. The lowest BCUT2D eigenvalue weighted by Crippen LogP contribution is -2.30. The fourth-order valence-corrected chi connectivity index (χ4v) is 2.78. The van der Waals surface area contributed by atoms with E-state index < -0.39 is 41.9 Å². The van der Waals surface area contributed by atoms with Crippen LogP contribution in [0.1, 0.15) is 21.5 Å². The lowest BCUT2D eigenvalue weighted by atomic mass is 10.1. The average molecular weight is 435 g/mol. The van der Waals surface area contributed by atoms with E-state index in [1.807, 2.05) is 0 Å². The van der Waals surface area contributed by atoms with Crippen LogP contribution < -0.4 is 10.6 Å². The summed E-state index contributed by atoms with van der Waals surface area (Å²) in [5.74, 6) is -2.16. The number of rotatable bonds is 6. The summed E-state index contributed by atoms with van der Waals surface area (Å²) in [6, 6.07) is 9.71. The number of carbonyl (C=O) groups is 4. The number of para-hydroxylation sites is 1. The van der Waals surface area contributed by atoms with Gasteiger partial charge in [-0.3, -0.25) is 14.5 Å². The molecule has 1 fully saturated rings. The Kier molecular flexibility index (Phi) is 6.23. The molecule has 1 aliphatic rings. The minimum Gasteiger partial charge on any atom is -0.452 e. The van der Waals surface area contributed by atoms with Crippen LogP contribution in [-0.4, -0.2) is 41.9 Å². The molecule has 3 rings (SSSR count). The molecule has 2 aromatic carbocycles. The van der Waals surface area contributed by atoms with Crippen LogP contribution in [0.4, 0.5) is 23.7 Å². The molecule has 8 nitrogen and oxygen atoms in total. The van der Waals surface area contributed by atoms with Crippen molar-refractivity contribution in [2.45, 2.75) is 12.7 Å². The maximum Gasteiger partial charge on any atom is 0.418 e. The van der Waals surface area contributed by atoms with E-state index in [9.17, 15) is 32.3 Å². The number of alkyl halides is 3. The van der Waals surface area contributed by atoms with Gasteiger partial charge in [-0.15, -0.1) is 0 Å². The fraction of sp³-hybridized carbons (Fsp3) is 0.200. The monoisotopic (exact) mass is 435 g/mol. The fourth-order valence-electron chi connectivity index (χ4n) is 2.78. The Bertz CT molecular complexity index is 1010. The molecule has 11 heteroatoms. The molecule has 162 valence electrons. The Labute approximate surface area is 174 Å². The smallest absolute Gasteiger partial charge is 0.418 e. The van der Waals surface area contributed by atoms with Crippen molar-refractivity contribution in [3.05, 3.63) is 65.2 Å². The van der Waals surface area contributed by atoms with Gasteiger partial charge in [0.1, 0.15) is 0 Å². The summed E-state index contributed by atoms with van der Waals surface area (Å²) in [6.45, 7) is -0.824. The molecular weight excluding hydrogens is 419 g/mol. The minimum atomic E-state index is -4.65. The van der Waals surface area contributed by atoms with Crippen LogP contribution in [0.5, 0.6) is 0 Å². The lowest BCUT2D eigenvalue weighted by molar-refractivity contribution is -0.137. The Hall–Kier alpha value is -3.89. The molecule has 1 saturated heterocycles. The zero-order chi connectivity index (χ0) is 22.6. The van der Waals surface area contributed by atoms with Crippen LogP contribution >= 0.6 is 0 Å². The van der Waals surface area contributed by atoms with Crippen LogP contribution in [0, 0.1) is 0 Å². The van der Waals surface area contributed by atoms with Gasteiger partial charge in [0.15, 0.2) is 6.61 Å². The SMILES string of the molecule is O=C(COC(=O)c1ccc(CN2C(=O)CNC2=O)cc1)Nc1ccccc1C(F)(F)F. The number of imide groups is 1. The first-order chi connectivity index (χ1) is 14.6. The van der Waals surface area contributed by atoms with Crippen molar-refractivity contribution in [2.24, 2.45) is 0 Å². The molecule has 0 atom stereocenters. The van der Waals surface area contributed by atoms with Crippen molar-refractivity contribution in [1.82, 2.24) is 10.2 Å². The van der Waals surface area contributed by atoms with Gasteiger partial charge in [0.05, 0.1) is 29.9 Å². The molecule has 2 aromatic rings. The topological polar surface area (TPSA) is 105 Å². The van der Waals surface area contributed by atoms with Gasteiger partial charge in [-0.1, -0.05) is 24.3 Å². The van der Waals surface area contributed by atoms with Gasteiger partial charge in [-0.25, -0.2) is 9.59 Å². The van der Waals surface area contributed by atoms with Gasteiger partial charge in [-0.05, 0) is 29.8 Å². The van der Waals surface area contributed by atoms with Crippen molar-refractivity contribution in [2.75, 3.05) is 18.5 Å². The quantitative estimate of drug-likeness (QED) is 0.536. The number of ether oxygens (including phenoxy) is 1. The van der Waals surface area contributed by atoms with Crippen molar-refractivity contribution in [3.8, 4) is 0 Å². The zero-order valence-corrected chi connectivity index (χ0v) is 15.9. The Balaban J connectivity index is 1.54. The molecular formula is C20H16F3N3O5. The molecule has 2 N–H and O–H groups in total. The number of urea groups is 1. The molecule has 4 amide bonds. The van der Waals surface area contributed by atoms with Gasteiger partial charge in [-0.2, -0.15) is 13.2 Å². The third-order valence-corrected chi connectivity index (χ3v) is 4.31. The van der Waals surface area contributed by atoms with Gasteiger partial charge in [0, 0.05) is 0 Å². The minimum absolute atomic E-state index is 0.0288. The van der Waals surface area contributed by atoms with Crippen LogP contribution in [0.25, 0.3) is 0 Å². The standard InChI is InChI=1S/C20H16F3N3O5/c21-20(22,23)14-3-1-2-4-15(14)25-16(27)11-31-18(29)13-7-5-12(6-8-13)10-26-17(28)9-24-19(26)30/h1-8H,9-11H2,(H,24,30)(H,25,27). The lowest BCUT2D eigenvalue weighted by Gasteiger charge is -2.14. The second-order valence-corrected chi connectivity index (χ2v) is 6.50. The van der Waals surface area contributed by atoms with E-state index in [0.29, 0.717) is 5.56 Å². The predicted octanol–water partition coefficient (Wildman–Crippen LogP) is 2.55. The van der Waals surface area contributed by atoms with Crippen molar-refractivity contribution in [3.63, 3.8) is 0 Å². The first-order valence-corrected chi connectivity index (χ1v) is 8.95. The summed E-state index contributed by atoms with van der Waals surface area (Å²) in [6.07, 6.45) is -4.65. The highest BCUT2D eigenvalue weighted by atomic mass is 19.4. The highest BCUT2D eigenvalue weighted by Gasteiger charge is 2.33. The number of esters is 1. The first kappa shape index (κ1) is 21.8. The van der Waals surface area contributed by atoms with Gasteiger partial charge < -0.3 is 15.4 Å². The molecule has 31 heavy (non-hydrogen) atoms. The second-order valence-electron chi connectivity index (χ2n) is 6.50. The van der Waals surface area contributed by atoms with Crippen molar-refractivity contribution >= 4 is 29.5 Å². The van der Waals surface area contributed by atoms with Gasteiger partial charge in [0.25, 0.3) is 5.91 Å². The second kappa shape index (κ2) is 8.86. The zero-order valence-electron chi connectivity index (χ0n) is 15.9. The van der Waals surface area contributed by atoms with Gasteiger partial charge >= 0.3 is 18.2 Å². The Morgan fingerprint density at radius 3 is 2.35 bits per heavy atom. The number of hydrogen-bond acceptors (Lipinski definition) is 5. The maximum absolute atomic E-state index is 13.0. The molecule has 0 saturated carbocycles. The van der Waals surface area contributed by atoms with Crippen LogP contribution in [0.15, 0.2) is 48.5 Å². The number of anilines is 1. The average Bonchev–Trinajstić information content (AvgIpc) is 3.04. The molecule has 1 heterocycles. The van der Waals surface area contributed by atoms with E-state index in [0.717, 1.165) is 17.0 Å². The summed E-state index contributed by atoms with van der Waals surface area (Å²) in [5, 5.41) is 4.46. The number of halogens is 3. The number of nitrogens with one attached hydrogen (secondary N) is 2. The Morgan fingerprint density at radius 1 is 1.06 bits per heavy atom. The maximum atomic E-state index is 13.0. The largest absolute Gasteiger partial charge is 0.452 e. The highest BCUT2D eigenvalue weighted by molar-refractivity contribution is 6.02. The van der Waals surface area contributed by atoms with E-state index in [-0.39, 0.29) is 24.6 Å². The number of nitrogens with zero attached hydrogens (tertiary/aromatic N) is 1. The summed E-state index contributed by atoms with van der Waals surface area (Å²) in [4.78, 5) is 48.1. The number of carbonyl (C=O) groups excluding carboxylic acids is 4. The van der Waals surface area contributed by atoms with E-state index >= 15 is 0 Å². The molecule has 0 unspecified atom stereocenters. The van der Waals surface area contributed by atoms with Gasteiger partial charge in [0.2, 0.25) is 5.91 Å². The van der Waals surface area contributed by atoms with Crippen molar-refractivity contribution in [1.29, 1.82) is 0 Å². The van der Waals surface area contributed by atoms with E-state index in [2.05, 4.69) is 10.6 Å². The third kappa shape index (κ3) is 5.38. The molecule has 1 aliphatic heterocycles. The van der Waals surface area contributed by atoms with E-state index in [1.54, 1.807) is 0 Å². The first-order valence-electron chi connectivity index (χ1n) is 8.95. The van der Waals surface area contributed by atoms with Crippen LogP contribution in [0.2, 0.25) is 0 Å². The number of hydrogen-bond donors (Lipinski definition) is 2. The molecule has 0 radical (unpaired) electrons. The van der Waals surface area contributed by atoms with E-state index in [4.69, 9.17) is 4.74 Å². The van der Waals surface area contributed by atoms with Crippen LogP contribution in [-0.2, 0) is 27.0 Å². The number of amides is 4. The molecule has 0 bridgehead atoms. The van der Waals surface area contributed by atoms with Crippen molar-refractivity contribution < 1.29 is 37.1 Å². The summed E-state index contributed by atoms with van der Waals surface area (Å²) in [7, 11) is 0. The van der Waals surface area contributed by atoms with E-state index in [1.165, 1.54) is 36.4 Å². The summed E-state index contributed by atoms with van der Waals surface area (Å²) >= 11 is 0. The normalized spacial score (nSPS) is 13.7. The van der Waals surface area contributed by atoms with Crippen LogP contribution in [0.3, 0.4) is 0 Å². The summed E-state index contributed by atoms with van der Waals surface area (Å²) < 4.78 is 43.7. The molecule has 0 spiro atoms. The molecule has 0 aromatic heterocycles. The third-order valence-electron chi connectivity index (χ3n) is 4.31.